The van der Waals surface area contributed by atoms with E-state index in [1.165, 1.54) is 0 Å². The van der Waals surface area contributed by atoms with Crippen LogP contribution in [0.5, 0.6) is 0 Å². The Kier molecular flexibility index (Phi) is 10.2. The molecule has 0 saturated carbocycles. The normalized spacial score (nSPS) is 24.3. The van der Waals surface area contributed by atoms with E-state index in [2.05, 4.69) is 6.92 Å². The zero-order valence-electron chi connectivity index (χ0n) is 20.1. The molecule has 6 heteroatoms. The fourth-order valence-electron chi connectivity index (χ4n) is 4.12. The van der Waals surface area contributed by atoms with Crippen molar-refractivity contribution < 1.29 is 24.1 Å². The Morgan fingerprint density at radius 3 is 1.71 bits per heavy atom. The van der Waals surface area contributed by atoms with E-state index in [1.54, 1.807) is 11.8 Å². The summed E-state index contributed by atoms with van der Waals surface area (Å²) in [6.07, 6.45) is -2.24. The molecular formula is C29H34O5S. The van der Waals surface area contributed by atoms with Crippen LogP contribution in [-0.2, 0) is 38.8 Å². The minimum Gasteiger partial charge on any atom is -0.387 e. The molecule has 186 valence electrons. The van der Waals surface area contributed by atoms with Gasteiger partial charge in [0.25, 0.3) is 0 Å². The molecule has 1 fully saturated rings. The number of aliphatic hydroxyl groups is 1. The molecule has 3 aromatic carbocycles. The van der Waals surface area contributed by atoms with Gasteiger partial charge in [0.2, 0.25) is 0 Å². The first kappa shape index (κ1) is 25.9. The maximum absolute atomic E-state index is 11.2. The molecule has 1 N–H and O–H groups in total. The number of benzene rings is 3. The molecule has 0 radical (unpaired) electrons. The molecule has 0 spiro atoms. The SMILES string of the molecule is CCSC1OC(COCc2ccccc2)C(OCc2ccccc2)[C@H](OCc2ccccc2)C1O. The van der Waals surface area contributed by atoms with Crippen molar-refractivity contribution in [2.24, 2.45) is 0 Å². The van der Waals surface area contributed by atoms with Crippen molar-refractivity contribution in [1.29, 1.82) is 0 Å². The van der Waals surface area contributed by atoms with E-state index in [0.29, 0.717) is 26.4 Å². The predicted molar refractivity (Wildman–Crippen MR) is 139 cm³/mol. The molecule has 1 aliphatic rings. The van der Waals surface area contributed by atoms with Crippen LogP contribution in [0, 0.1) is 0 Å². The van der Waals surface area contributed by atoms with E-state index in [-0.39, 0.29) is 6.10 Å². The molecule has 1 aliphatic heterocycles. The smallest absolute Gasteiger partial charge is 0.132 e. The van der Waals surface area contributed by atoms with Gasteiger partial charge in [-0.2, -0.15) is 0 Å². The van der Waals surface area contributed by atoms with Gasteiger partial charge >= 0.3 is 0 Å². The first-order chi connectivity index (χ1) is 17.2. The molecule has 4 rings (SSSR count). The van der Waals surface area contributed by atoms with Gasteiger partial charge < -0.3 is 24.1 Å². The summed E-state index contributed by atoms with van der Waals surface area (Å²) in [5.41, 5.74) is 2.78. The van der Waals surface area contributed by atoms with Gasteiger partial charge in [-0.25, -0.2) is 0 Å². The summed E-state index contributed by atoms with van der Waals surface area (Å²) < 4.78 is 25.1. The number of hydrogen-bond donors (Lipinski definition) is 1. The monoisotopic (exact) mass is 494 g/mol. The van der Waals surface area contributed by atoms with E-state index in [4.69, 9.17) is 18.9 Å². The second-order valence-corrected chi connectivity index (χ2v) is 9.89. The summed E-state index contributed by atoms with van der Waals surface area (Å²) in [5, 5.41) is 11.2. The van der Waals surface area contributed by atoms with E-state index < -0.39 is 23.7 Å². The summed E-state index contributed by atoms with van der Waals surface area (Å²) in [7, 11) is 0. The average molecular weight is 495 g/mol. The fourth-order valence-corrected chi connectivity index (χ4v) is 5.03. The molecule has 0 aromatic heterocycles. The van der Waals surface area contributed by atoms with E-state index in [0.717, 1.165) is 22.4 Å². The van der Waals surface area contributed by atoms with Crippen LogP contribution in [0.4, 0.5) is 0 Å². The summed E-state index contributed by atoms with van der Waals surface area (Å²) in [6, 6.07) is 30.1. The molecule has 5 nitrogen and oxygen atoms in total. The lowest BCUT2D eigenvalue weighted by atomic mass is 9.99. The summed E-state index contributed by atoms with van der Waals surface area (Å²) in [4.78, 5) is 0. The minimum absolute atomic E-state index is 0.340. The molecule has 1 heterocycles. The lowest BCUT2D eigenvalue weighted by molar-refractivity contribution is -0.243. The minimum atomic E-state index is -0.824. The van der Waals surface area contributed by atoms with Crippen molar-refractivity contribution in [3.63, 3.8) is 0 Å². The van der Waals surface area contributed by atoms with Crippen molar-refractivity contribution in [2.75, 3.05) is 12.4 Å². The molecule has 0 aliphatic carbocycles. The molecule has 0 amide bonds. The van der Waals surface area contributed by atoms with Gasteiger partial charge in [0, 0.05) is 0 Å². The van der Waals surface area contributed by atoms with Crippen molar-refractivity contribution in [1.82, 2.24) is 0 Å². The number of rotatable bonds is 12. The van der Waals surface area contributed by atoms with Crippen LogP contribution in [0.25, 0.3) is 0 Å². The van der Waals surface area contributed by atoms with Gasteiger partial charge in [-0.3, -0.25) is 0 Å². The van der Waals surface area contributed by atoms with Gasteiger partial charge in [0.15, 0.2) is 0 Å². The quantitative estimate of drug-likeness (QED) is 0.373. The van der Waals surface area contributed by atoms with Gasteiger partial charge in [-0.05, 0) is 22.4 Å². The fraction of sp³-hybridized carbons (Fsp3) is 0.379. The maximum Gasteiger partial charge on any atom is 0.132 e. The first-order valence-electron chi connectivity index (χ1n) is 12.1. The number of ether oxygens (including phenoxy) is 4. The summed E-state index contributed by atoms with van der Waals surface area (Å²) in [5.74, 6) is 0.820. The van der Waals surface area contributed by atoms with Crippen LogP contribution in [0.1, 0.15) is 23.6 Å². The second kappa shape index (κ2) is 13.8. The van der Waals surface area contributed by atoms with Crippen LogP contribution in [0.15, 0.2) is 91.0 Å². The van der Waals surface area contributed by atoms with Crippen molar-refractivity contribution in [2.45, 2.75) is 56.6 Å². The maximum atomic E-state index is 11.2. The van der Waals surface area contributed by atoms with Crippen LogP contribution in [-0.4, -0.2) is 47.3 Å². The zero-order chi connectivity index (χ0) is 24.3. The second-order valence-electron chi connectivity index (χ2n) is 8.51. The van der Waals surface area contributed by atoms with E-state index in [9.17, 15) is 5.11 Å². The molecule has 3 aromatic rings. The third-order valence-corrected chi connectivity index (χ3v) is 6.96. The Balaban J connectivity index is 1.50. The topological polar surface area (TPSA) is 57.2 Å². The largest absolute Gasteiger partial charge is 0.387 e. The third kappa shape index (κ3) is 7.64. The molecule has 1 saturated heterocycles. The Bertz CT molecular complexity index is 972. The van der Waals surface area contributed by atoms with Gasteiger partial charge in [0.1, 0.15) is 29.9 Å². The Morgan fingerprint density at radius 2 is 1.20 bits per heavy atom. The molecular weight excluding hydrogens is 460 g/mol. The van der Waals surface area contributed by atoms with Crippen molar-refractivity contribution in [3.8, 4) is 0 Å². The highest BCUT2D eigenvalue weighted by atomic mass is 32.2. The lowest BCUT2D eigenvalue weighted by Gasteiger charge is -2.44. The lowest BCUT2D eigenvalue weighted by Crippen LogP contribution is -2.59. The van der Waals surface area contributed by atoms with Crippen molar-refractivity contribution >= 4 is 11.8 Å². The van der Waals surface area contributed by atoms with Crippen LogP contribution in [0.3, 0.4) is 0 Å². The Morgan fingerprint density at radius 1 is 0.714 bits per heavy atom. The highest BCUT2D eigenvalue weighted by Crippen LogP contribution is 2.33. The van der Waals surface area contributed by atoms with Crippen LogP contribution >= 0.6 is 11.8 Å². The summed E-state index contributed by atoms with van der Waals surface area (Å²) >= 11 is 1.57. The first-order valence-corrected chi connectivity index (χ1v) is 13.2. The Hall–Kier alpha value is -2.19. The molecule has 5 atom stereocenters. The third-order valence-electron chi connectivity index (χ3n) is 5.91. The van der Waals surface area contributed by atoms with E-state index in [1.807, 2.05) is 91.0 Å². The van der Waals surface area contributed by atoms with Crippen LogP contribution in [0.2, 0.25) is 0 Å². The molecule has 0 bridgehead atoms. The van der Waals surface area contributed by atoms with Gasteiger partial charge in [-0.1, -0.05) is 97.9 Å². The number of hydrogen-bond acceptors (Lipinski definition) is 6. The van der Waals surface area contributed by atoms with Gasteiger partial charge in [0.05, 0.1) is 26.4 Å². The number of thioether (sulfide) groups is 1. The number of aliphatic hydroxyl groups excluding tert-OH is 1. The summed E-state index contributed by atoms with van der Waals surface area (Å²) in [6.45, 7) is 3.66. The molecule has 4 unspecified atom stereocenters. The zero-order valence-corrected chi connectivity index (χ0v) is 20.9. The average Bonchev–Trinajstić information content (AvgIpc) is 2.90. The van der Waals surface area contributed by atoms with E-state index >= 15 is 0 Å². The van der Waals surface area contributed by atoms with Crippen molar-refractivity contribution in [3.05, 3.63) is 108 Å². The highest BCUT2D eigenvalue weighted by molar-refractivity contribution is 7.99. The highest BCUT2D eigenvalue weighted by Gasteiger charge is 2.47. The standard InChI is InChI=1S/C29H34O5S/c1-2-35-29-26(30)28(33-20-24-16-10-5-11-17-24)27(32-19-23-14-8-4-9-15-23)25(34-29)21-31-18-22-12-6-3-7-13-22/h3-17,25-30H,2,18-21H2,1H3/t25?,26?,27?,28-,29?/m1/s1. The Labute approximate surface area is 212 Å². The molecule has 35 heavy (non-hydrogen) atoms. The predicted octanol–water partition coefficient (Wildman–Crippen LogP) is 5.21. The van der Waals surface area contributed by atoms with Crippen LogP contribution < -0.4 is 0 Å². The van der Waals surface area contributed by atoms with Gasteiger partial charge in [-0.15, -0.1) is 11.8 Å².